The highest BCUT2D eigenvalue weighted by molar-refractivity contribution is 7.91. The van der Waals surface area contributed by atoms with E-state index >= 15 is 0 Å². The molecular formula is C11H12FNO4S. The van der Waals surface area contributed by atoms with Crippen molar-refractivity contribution in [1.82, 2.24) is 0 Å². The van der Waals surface area contributed by atoms with E-state index in [1.165, 1.54) is 6.07 Å². The molecule has 1 aliphatic heterocycles. The van der Waals surface area contributed by atoms with Crippen LogP contribution in [-0.2, 0) is 9.84 Å². The zero-order valence-corrected chi connectivity index (χ0v) is 10.2. The first-order valence-electron chi connectivity index (χ1n) is 5.37. The molecule has 0 aliphatic carbocycles. The van der Waals surface area contributed by atoms with E-state index in [1.807, 2.05) is 0 Å². The van der Waals surface area contributed by atoms with Crippen LogP contribution >= 0.6 is 0 Å². The smallest absolute Gasteiger partial charge is 0.338 e. The van der Waals surface area contributed by atoms with Crippen LogP contribution in [0.4, 0.5) is 10.1 Å². The van der Waals surface area contributed by atoms with Crippen molar-refractivity contribution in [2.45, 2.75) is 12.5 Å². The molecule has 1 atom stereocenters. The van der Waals surface area contributed by atoms with Gasteiger partial charge in [0, 0.05) is 11.7 Å². The Morgan fingerprint density at radius 2 is 2.17 bits per heavy atom. The maximum Gasteiger partial charge on any atom is 0.338 e. The van der Waals surface area contributed by atoms with Gasteiger partial charge in [-0.2, -0.15) is 0 Å². The molecule has 1 aromatic carbocycles. The molecule has 1 aromatic rings. The fourth-order valence-corrected chi connectivity index (χ4v) is 3.60. The van der Waals surface area contributed by atoms with Crippen LogP contribution in [0, 0.1) is 5.82 Å². The average molecular weight is 273 g/mol. The summed E-state index contributed by atoms with van der Waals surface area (Å²) < 4.78 is 35.9. The fraction of sp³-hybridized carbons (Fsp3) is 0.364. The molecule has 1 heterocycles. The lowest BCUT2D eigenvalue weighted by Crippen LogP contribution is -2.20. The van der Waals surface area contributed by atoms with Crippen LogP contribution in [0.1, 0.15) is 16.8 Å². The van der Waals surface area contributed by atoms with Gasteiger partial charge in [-0.05, 0) is 24.6 Å². The Balaban J connectivity index is 2.12. The number of halogens is 1. The Kier molecular flexibility index (Phi) is 3.25. The SMILES string of the molecule is O=C(O)c1ccc(NC2CCS(=O)(=O)C2)cc1F. The Morgan fingerprint density at radius 3 is 2.67 bits per heavy atom. The van der Waals surface area contributed by atoms with Crippen LogP contribution in [0.2, 0.25) is 0 Å². The topological polar surface area (TPSA) is 83.5 Å². The highest BCUT2D eigenvalue weighted by Gasteiger charge is 2.27. The second-order valence-corrected chi connectivity index (χ2v) is 6.47. The first-order chi connectivity index (χ1) is 8.37. The molecule has 0 amide bonds. The number of hydrogen-bond acceptors (Lipinski definition) is 4. The Hall–Kier alpha value is -1.63. The minimum absolute atomic E-state index is 0.0231. The Labute approximate surface area is 104 Å². The van der Waals surface area contributed by atoms with Crippen molar-refractivity contribution < 1.29 is 22.7 Å². The lowest BCUT2D eigenvalue weighted by Gasteiger charge is -2.12. The highest BCUT2D eigenvalue weighted by atomic mass is 32.2. The third kappa shape index (κ3) is 2.79. The van der Waals surface area contributed by atoms with Gasteiger partial charge in [-0.3, -0.25) is 0 Å². The average Bonchev–Trinajstić information content (AvgIpc) is 2.57. The van der Waals surface area contributed by atoms with Crippen LogP contribution in [0.3, 0.4) is 0 Å². The summed E-state index contributed by atoms with van der Waals surface area (Å²) in [5, 5.41) is 11.6. The van der Waals surface area contributed by atoms with Crippen molar-refractivity contribution in [3.05, 3.63) is 29.6 Å². The van der Waals surface area contributed by atoms with E-state index in [2.05, 4.69) is 5.32 Å². The summed E-state index contributed by atoms with van der Waals surface area (Å²) in [6, 6.07) is 3.40. The normalized spacial score (nSPS) is 21.7. The van der Waals surface area contributed by atoms with Gasteiger partial charge in [0.2, 0.25) is 0 Å². The van der Waals surface area contributed by atoms with Crippen LogP contribution in [0.25, 0.3) is 0 Å². The van der Waals surface area contributed by atoms with Crippen molar-refractivity contribution in [1.29, 1.82) is 0 Å². The summed E-state index contributed by atoms with van der Waals surface area (Å²) >= 11 is 0. The van der Waals surface area contributed by atoms with Crippen molar-refractivity contribution in [2.75, 3.05) is 16.8 Å². The molecule has 5 nitrogen and oxygen atoms in total. The van der Waals surface area contributed by atoms with Gasteiger partial charge in [-0.25, -0.2) is 17.6 Å². The quantitative estimate of drug-likeness (QED) is 0.862. The lowest BCUT2D eigenvalue weighted by atomic mass is 10.1. The van der Waals surface area contributed by atoms with Crippen molar-refractivity contribution in [3.63, 3.8) is 0 Å². The van der Waals surface area contributed by atoms with E-state index in [0.717, 1.165) is 12.1 Å². The standard InChI is InChI=1S/C11H12FNO4S/c12-10-5-7(1-2-9(10)11(14)15)13-8-3-4-18(16,17)6-8/h1-2,5,8,13H,3-4,6H2,(H,14,15). The van der Waals surface area contributed by atoms with Gasteiger partial charge in [0.05, 0.1) is 17.1 Å². The van der Waals surface area contributed by atoms with E-state index in [1.54, 1.807) is 0 Å². The van der Waals surface area contributed by atoms with E-state index in [0.29, 0.717) is 12.1 Å². The maximum absolute atomic E-state index is 13.4. The second kappa shape index (κ2) is 4.56. The monoisotopic (exact) mass is 273 g/mol. The van der Waals surface area contributed by atoms with Crippen molar-refractivity contribution >= 4 is 21.5 Å². The number of benzene rings is 1. The zero-order valence-electron chi connectivity index (χ0n) is 9.39. The van der Waals surface area contributed by atoms with Crippen LogP contribution in [-0.4, -0.2) is 37.0 Å². The number of aromatic carboxylic acids is 1. The summed E-state index contributed by atoms with van der Waals surface area (Å²) in [5.74, 6) is -2.02. The summed E-state index contributed by atoms with van der Waals surface area (Å²) in [5.41, 5.74) is -0.0146. The maximum atomic E-state index is 13.4. The molecule has 0 radical (unpaired) electrons. The molecule has 7 heteroatoms. The molecule has 2 N–H and O–H groups in total. The van der Waals surface area contributed by atoms with Gasteiger partial charge in [-0.15, -0.1) is 0 Å². The van der Waals surface area contributed by atoms with Gasteiger partial charge in [0.1, 0.15) is 5.82 Å². The summed E-state index contributed by atoms with van der Waals surface area (Å²) in [6.07, 6.45) is 0.477. The first kappa shape index (κ1) is 12.8. The molecule has 0 saturated carbocycles. The molecule has 0 aromatic heterocycles. The molecule has 0 spiro atoms. The number of carboxylic acids is 1. The molecule has 0 bridgehead atoms. The predicted octanol–water partition coefficient (Wildman–Crippen LogP) is 1.12. The molecule has 1 aliphatic rings. The Bertz CT molecular complexity index is 585. The molecule has 1 saturated heterocycles. The van der Waals surface area contributed by atoms with Crippen molar-refractivity contribution in [2.24, 2.45) is 0 Å². The summed E-state index contributed by atoms with van der Waals surface area (Å²) in [7, 11) is -3.00. The van der Waals surface area contributed by atoms with E-state index < -0.39 is 27.2 Å². The summed E-state index contributed by atoms with van der Waals surface area (Å²) in [4.78, 5) is 10.6. The van der Waals surface area contributed by atoms with Crippen molar-refractivity contribution in [3.8, 4) is 0 Å². The molecule has 1 unspecified atom stereocenters. The molecule has 18 heavy (non-hydrogen) atoms. The largest absolute Gasteiger partial charge is 0.478 e. The number of sulfone groups is 1. The number of hydrogen-bond donors (Lipinski definition) is 2. The Morgan fingerprint density at radius 1 is 1.44 bits per heavy atom. The van der Waals surface area contributed by atoms with Crippen LogP contribution in [0.5, 0.6) is 0 Å². The first-order valence-corrected chi connectivity index (χ1v) is 7.19. The molecular weight excluding hydrogens is 261 g/mol. The molecule has 1 fully saturated rings. The van der Waals surface area contributed by atoms with Gasteiger partial charge < -0.3 is 10.4 Å². The minimum atomic E-state index is -3.00. The third-order valence-electron chi connectivity index (χ3n) is 2.80. The van der Waals surface area contributed by atoms with E-state index in [9.17, 15) is 17.6 Å². The lowest BCUT2D eigenvalue weighted by molar-refractivity contribution is 0.0692. The minimum Gasteiger partial charge on any atom is -0.478 e. The highest BCUT2D eigenvalue weighted by Crippen LogP contribution is 2.19. The second-order valence-electron chi connectivity index (χ2n) is 4.24. The number of rotatable bonds is 3. The number of carboxylic acid groups (broad SMARTS) is 1. The number of nitrogens with one attached hydrogen (secondary N) is 1. The number of carbonyl (C=O) groups is 1. The van der Waals surface area contributed by atoms with Gasteiger partial charge in [0.25, 0.3) is 0 Å². The van der Waals surface area contributed by atoms with Gasteiger partial charge in [0.15, 0.2) is 9.84 Å². The van der Waals surface area contributed by atoms with Crippen LogP contribution < -0.4 is 5.32 Å². The summed E-state index contributed by atoms with van der Waals surface area (Å²) in [6.45, 7) is 0. The van der Waals surface area contributed by atoms with Gasteiger partial charge >= 0.3 is 5.97 Å². The van der Waals surface area contributed by atoms with Crippen LogP contribution in [0.15, 0.2) is 18.2 Å². The third-order valence-corrected chi connectivity index (χ3v) is 4.57. The molecule has 2 rings (SSSR count). The number of anilines is 1. The fourth-order valence-electron chi connectivity index (χ4n) is 1.92. The van der Waals surface area contributed by atoms with Gasteiger partial charge in [-0.1, -0.05) is 0 Å². The van der Waals surface area contributed by atoms with E-state index in [4.69, 9.17) is 5.11 Å². The zero-order chi connectivity index (χ0) is 13.3. The van der Waals surface area contributed by atoms with E-state index in [-0.39, 0.29) is 17.5 Å². The predicted molar refractivity (Wildman–Crippen MR) is 64.0 cm³/mol. The molecule has 98 valence electrons.